The molecule has 0 aliphatic rings. The molecule has 0 aliphatic carbocycles. The highest BCUT2D eigenvalue weighted by molar-refractivity contribution is 5.74. The fourth-order valence-corrected chi connectivity index (χ4v) is 1.81. The molecule has 0 amide bonds. The monoisotopic (exact) mass is 273 g/mol. The number of benzene rings is 2. The summed E-state index contributed by atoms with van der Waals surface area (Å²) in [7, 11) is 0. The number of anilines is 3. The van der Waals surface area contributed by atoms with Crippen LogP contribution in [0.15, 0.2) is 42.5 Å². The second-order valence-electron chi connectivity index (χ2n) is 4.09. The minimum Gasteiger partial charge on any atom is -0.487 e. The van der Waals surface area contributed by atoms with Gasteiger partial charge in [-0.2, -0.15) is 0 Å². The Kier molecular flexibility index (Phi) is 4.05. The molecule has 0 atom stereocenters. The predicted octanol–water partition coefficient (Wildman–Crippen LogP) is 3.32. The third kappa shape index (κ3) is 2.97. The number of nitrogen functional groups attached to an aromatic ring is 1. The number of hydrogen-bond donors (Lipinski definition) is 2. The summed E-state index contributed by atoms with van der Waals surface area (Å²) in [4.78, 5) is 10.8. The number of nitro groups is 1. The standard InChI is InChI=1S/C14H15N3O3/c1-2-20-13-5-3-4-12(14(13)17(18)19)16-11-8-6-10(15)7-9-11/h3-9,16H,2,15H2,1H3. The van der Waals surface area contributed by atoms with Crippen molar-refractivity contribution in [1.29, 1.82) is 0 Å². The number of para-hydroxylation sites is 1. The zero-order valence-corrected chi connectivity index (χ0v) is 11.0. The van der Waals surface area contributed by atoms with Crippen LogP contribution in [0, 0.1) is 10.1 Å². The number of rotatable bonds is 5. The Hall–Kier alpha value is -2.76. The molecule has 2 aromatic rings. The lowest BCUT2D eigenvalue weighted by Gasteiger charge is -2.10. The highest BCUT2D eigenvalue weighted by Crippen LogP contribution is 2.36. The van der Waals surface area contributed by atoms with Gasteiger partial charge in [-0.1, -0.05) is 6.07 Å². The second-order valence-corrected chi connectivity index (χ2v) is 4.09. The van der Waals surface area contributed by atoms with E-state index in [0.29, 0.717) is 18.0 Å². The van der Waals surface area contributed by atoms with Crippen LogP contribution in [0.4, 0.5) is 22.7 Å². The summed E-state index contributed by atoms with van der Waals surface area (Å²) in [5.74, 6) is 0.248. The summed E-state index contributed by atoms with van der Waals surface area (Å²) in [5, 5.41) is 14.2. The van der Waals surface area contributed by atoms with Crippen molar-refractivity contribution in [3.63, 3.8) is 0 Å². The van der Waals surface area contributed by atoms with Gasteiger partial charge in [0.15, 0.2) is 5.75 Å². The fraction of sp³-hybridized carbons (Fsp3) is 0.143. The van der Waals surface area contributed by atoms with Crippen molar-refractivity contribution in [3.8, 4) is 5.75 Å². The van der Waals surface area contributed by atoms with Gasteiger partial charge in [0.05, 0.1) is 11.5 Å². The largest absolute Gasteiger partial charge is 0.487 e. The minimum absolute atomic E-state index is 0.0776. The molecule has 2 rings (SSSR count). The van der Waals surface area contributed by atoms with Gasteiger partial charge in [-0.05, 0) is 43.3 Å². The Labute approximate surface area is 116 Å². The van der Waals surface area contributed by atoms with Crippen LogP contribution >= 0.6 is 0 Å². The first kappa shape index (κ1) is 13.7. The maximum Gasteiger partial charge on any atom is 0.334 e. The van der Waals surface area contributed by atoms with Gasteiger partial charge in [0.25, 0.3) is 0 Å². The van der Waals surface area contributed by atoms with Gasteiger partial charge in [-0.25, -0.2) is 0 Å². The van der Waals surface area contributed by atoms with Crippen molar-refractivity contribution in [2.45, 2.75) is 6.92 Å². The van der Waals surface area contributed by atoms with Gasteiger partial charge in [-0.15, -0.1) is 0 Å². The molecule has 0 saturated heterocycles. The van der Waals surface area contributed by atoms with Gasteiger partial charge >= 0.3 is 5.69 Å². The number of nitrogens with two attached hydrogens (primary N) is 1. The Balaban J connectivity index is 2.37. The fourth-order valence-electron chi connectivity index (χ4n) is 1.81. The summed E-state index contributed by atoms with van der Waals surface area (Å²) >= 11 is 0. The van der Waals surface area contributed by atoms with Crippen molar-refractivity contribution in [1.82, 2.24) is 0 Å². The summed E-state index contributed by atoms with van der Waals surface area (Å²) in [5.41, 5.74) is 7.26. The van der Waals surface area contributed by atoms with E-state index in [9.17, 15) is 10.1 Å². The first-order chi connectivity index (χ1) is 9.61. The molecule has 0 saturated carbocycles. The van der Waals surface area contributed by atoms with Gasteiger partial charge < -0.3 is 15.8 Å². The highest BCUT2D eigenvalue weighted by Gasteiger charge is 2.20. The van der Waals surface area contributed by atoms with E-state index in [-0.39, 0.29) is 11.4 Å². The predicted molar refractivity (Wildman–Crippen MR) is 78.4 cm³/mol. The Morgan fingerprint density at radius 1 is 1.25 bits per heavy atom. The van der Waals surface area contributed by atoms with Crippen LogP contribution in [0.1, 0.15) is 6.92 Å². The van der Waals surface area contributed by atoms with Crippen LogP contribution in [-0.2, 0) is 0 Å². The summed E-state index contributed by atoms with van der Waals surface area (Å²) in [6.45, 7) is 2.15. The van der Waals surface area contributed by atoms with Crippen molar-refractivity contribution in [3.05, 3.63) is 52.6 Å². The SMILES string of the molecule is CCOc1cccc(Nc2ccc(N)cc2)c1[N+](=O)[O-]. The van der Waals surface area contributed by atoms with Gasteiger partial charge in [0.2, 0.25) is 0 Å². The zero-order valence-electron chi connectivity index (χ0n) is 11.0. The van der Waals surface area contributed by atoms with Crippen molar-refractivity contribution < 1.29 is 9.66 Å². The highest BCUT2D eigenvalue weighted by atomic mass is 16.6. The molecule has 3 N–H and O–H groups in total. The number of nitrogens with one attached hydrogen (secondary N) is 1. The Morgan fingerprint density at radius 2 is 1.95 bits per heavy atom. The number of nitrogens with zero attached hydrogens (tertiary/aromatic N) is 1. The molecular weight excluding hydrogens is 258 g/mol. The smallest absolute Gasteiger partial charge is 0.334 e. The molecule has 0 fully saturated rings. The van der Waals surface area contributed by atoms with E-state index in [4.69, 9.17) is 10.5 Å². The lowest BCUT2D eigenvalue weighted by Crippen LogP contribution is -2.01. The third-order valence-corrected chi connectivity index (χ3v) is 2.67. The number of nitro benzene ring substituents is 1. The van der Waals surface area contributed by atoms with E-state index in [1.807, 2.05) is 0 Å². The molecule has 6 heteroatoms. The Morgan fingerprint density at radius 3 is 2.55 bits per heavy atom. The molecule has 0 bridgehead atoms. The van der Waals surface area contributed by atoms with Crippen molar-refractivity contribution in [2.24, 2.45) is 0 Å². The molecular formula is C14H15N3O3. The van der Waals surface area contributed by atoms with E-state index in [2.05, 4.69) is 5.32 Å². The molecule has 2 aromatic carbocycles. The maximum absolute atomic E-state index is 11.2. The first-order valence-corrected chi connectivity index (χ1v) is 6.14. The molecule has 20 heavy (non-hydrogen) atoms. The number of ether oxygens (including phenoxy) is 1. The van der Waals surface area contributed by atoms with Crippen molar-refractivity contribution >= 4 is 22.7 Å². The molecule has 0 radical (unpaired) electrons. The molecule has 0 heterocycles. The average Bonchev–Trinajstić information content (AvgIpc) is 2.41. The van der Waals surface area contributed by atoms with Gasteiger partial charge in [0.1, 0.15) is 5.69 Å². The van der Waals surface area contributed by atoms with Crippen LogP contribution in [0.3, 0.4) is 0 Å². The summed E-state index contributed by atoms with van der Waals surface area (Å²) in [6.07, 6.45) is 0. The van der Waals surface area contributed by atoms with E-state index in [0.717, 1.165) is 5.69 Å². The maximum atomic E-state index is 11.2. The Bertz CT molecular complexity index is 612. The molecule has 0 aliphatic heterocycles. The minimum atomic E-state index is -0.454. The molecule has 0 aromatic heterocycles. The van der Waals surface area contributed by atoms with Crippen LogP contribution in [0.5, 0.6) is 5.75 Å². The average molecular weight is 273 g/mol. The van der Waals surface area contributed by atoms with Crippen LogP contribution < -0.4 is 15.8 Å². The van der Waals surface area contributed by atoms with Crippen molar-refractivity contribution in [2.75, 3.05) is 17.7 Å². The van der Waals surface area contributed by atoms with Crippen LogP contribution in [-0.4, -0.2) is 11.5 Å². The van der Waals surface area contributed by atoms with Crippen LogP contribution in [0.25, 0.3) is 0 Å². The van der Waals surface area contributed by atoms with Gasteiger partial charge in [-0.3, -0.25) is 10.1 Å². The molecule has 0 unspecified atom stereocenters. The summed E-state index contributed by atoms with van der Waals surface area (Å²) in [6, 6.07) is 11.9. The van der Waals surface area contributed by atoms with E-state index in [1.165, 1.54) is 0 Å². The normalized spacial score (nSPS) is 10.1. The number of hydrogen-bond acceptors (Lipinski definition) is 5. The first-order valence-electron chi connectivity index (χ1n) is 6.14. The van der Waals surface area contributed by atoms with E-state index >= 15 is 0 Å². The van der Waals surface area contributed by atoms with E-state index < -0.39 is 4.92 Å². The molecule has 104 valence electrons. The third-order valence-electron chi connectivity index (χ3n) is 2.67. The molecule has 0 spiro atoms. The van der Waals surface area contributed by atoms with Gasteiger partial charge in [0, 0.05) is 11.4 Å². The lowest BCUT2D eigenvalue weighted by molar-refractivity contribution is -0.384. The zero-order chi connectivity index (χ0) is 14.5. The quantitative estimate of drug-likeness (QED) is 0.495. The van der Waals surface area contributed by atoms with E-state index in [1.54, 1.807) is 49.4 Å². The lowest BCUT2D eigenvalue weighted by atomic mass is 10.2. The summed E-state index contributed by atoms with van der Waals surface area (Å²) < 4.78 is 5.29. The second kappa shape index (κ2) is 5.92. The van der Waals surface area contributed by atoms with Crippen LogP contribution in [0.2, 0.25) is 0 Å². The topological polar surface area (TPSA) is 90.4 Å². The molecule has 6 nitrogen and oxygen atoms in total.